The molecule has 1 aromatic heterocycles. The lowest BCUT2D eigenvalue weighted by Crippen LogP contribution is -2.02. The second-order valence-electron chi connectivity index (χ2n) is 9.06. The average molecular weight is 523 g/mol. The topological polar surface area (TPSA) is 35.0 Å². The van der Waals surface area contributed by atoms with E-state index in [9.17, 15) is 0 Å². The Hall–Kier alpha value is -2.92. The highest BCUT2D eigenvalue weighted by Gasteiger charge is 2.15. The zero-order valence-electron chi connectivity index (χ0n) is 20.1. The SMILES string of the molecule is [B]c1ccc2c3ccc(Br)cc3c3ncc(-c4ccccc4OCCCCCCCC)nc3c2c1. The molecule has 0 saturated carbocycles. The Bertz CT molecular complexity index is 1500. The van der Waals surface area contributed by atoms with Crippen LogP contribution in [0.25, 0.3) is 43.8 Å². The van der Waals surface area contributed by atoms with Crippen molar-refractivity contribution in [3.05, 3.63) is 71.3 Å². The van der Waals surface area contributed by atoms with Gasteiger partial charge in [-0.15, -0.1) is 0 Å². The predicted molar refractivity (Wildman–Crippen MR) is 152 cm³/mol. The fraction of sp³-hybridized carbons (Fsp3) is 0.267. The standard InChI is InChI=1S/C30H28BBrN2O/c1-2-3-4-5-6-9-16-35-28-11-8-7-10-24(28)27-19-33-29-26-18-21(32)13-15-23(26)22-14-12-20(31)17-25(22)30(29)34-27/h7-8,10-15,17-19H,2-6,9,16H2,1H3. The largest absolute Gasteiger partial charge is 0.493 e. The second-order valence-corrected chi connectivity index (χ2v) is 9.98. The molecule has 4 aromatic carbocycles. The first-order valence-corrected chi connectivity index (χ1v) is 13.2. The van der Waals surface area contributed by atoms with Gasteiger partial charge in [0.2, 0.25) is 0 Å². The van der Waals surface area contributed by atoms with Crippen molar-refractivity contribution < 1.29 is 4.74 Å². The van der Waals surface area contributed by atoms with E-state index in [4.69, 9.17) is 22.6 Å². The molecule has 0 spiro atoms. The van der Waals surface area contributed by atoms with Crippen LogP contribution in [0.5, 0.6) is 5.75 Å². The zero-order chi connectivity index (χ0) is 24.2. The first-order valence-electron chi connectivity index (χ1n) is 12.4. The summed E-state index contributed by atoms with van der Waals surface area (Å²) in [6, 6.07) is 20.4. The minimum atomic E-state index is 0.711. The molecular formula is C30H28BBrN2O. The van der Waals surface area contributed by atoms with Crippen molar-refractivity contribution >= 4 is 61.8 Å². The molecule has 174 valence electrons. The summed E-state index contributed by atoms with van der Waals surface area (Å²) in [6.07, 6.45) is 9.29. The maximum atomic E-state index is 6.21. The Kier molecular flexibility index (Phi) is 7.33. The van der Waals surface area contributed by atoms with E-state index in [1.54, 1.807) is 0 Å². The summed E-state index contributed by atoms with van der Waals surface area (Å²) in [5, 5.41) is 4.33. The highest BCUT2D eigenvalue weighted by atomic mass is 79.9. The number of benzene rings is 4. The number of nitrogens with zero attached hydrogens (tertiary/aromatic N) is 2. The smallest absolute Gasteiger partial charge is 0.128 e. The van der Waals surface area contributed by atoms with Gasteiger partial charge in [0, 0.05) is 20.8 Å². The molecule has 0 aliphatic heterocycles. The van der Waals surface area contributed by atoms with E-state index in [-0.39, 0.29) is 0 Å². The van der Waals surface area contributed by atoms with Gasteiger partial charge in [-0.1, -0.05) is 96.8 Å². The summed E-state index contributed by atoms with van der Waals surface area (Å²) in [5.74, 6) is 0.849. The van der Waals surface area contributed by atoms with Crippen LogP contribution in [-0.2, 0) is 0 Å². The van der Waals surface area contributed by atoms with Gasteiger partial charge >= 0.3 is 0 Å². The minimum Gasteiger partial charge on any atom is -0.493 e. The monoisotopic (exact) mass is 522 g/mol. The van der Waals surface area contributed by atoms with Crippen molar-refractivity contribution in [2.24, 2.45) is 0 Å². The van der Waals surface area contributed by atoms with Crippen molar-refractivity contribution in [1.29, 1.82) is 0 Å². The van der Waals surface area contributed by atoms with Crippen LogP contribution in [0.2, 0.25) is 0 Å². The minimum absolute atomic E-state index is 0.711. The number of unbranched alkanes of at least 4 members (excludes halogenated alkanes) is 5. The van der Waals surface area contributed by atoms with Crippen LogP contribution in [0.4, 0.5) is 0 Å². The third kappa shape index (κ3) is 5.06. The van der Waals surface area contributed by atoms with E-state index < -0.39 is 0 Å². The first-order chi connectivity index (χ1) is 17.2. The van der Waals surface area contributed by atoms with Gasteiger partial charge in [0.25, 0.3) is 0 Å². The fourth-order valence-corrected chi connectivity index (χ4v) is 5.07. The number of fused-ring (bicyclic) bond motifs is 6. The normalized spacial score (nSPS) is 11.5. The molecule has 5 heteroatoms. The van der Waals surface area contributed by atoms with E-state index in [2.05, 4.69) is 53.2 Å². The van der Waals surface area contributed by atoms with E-state index in [0.29, 0.717) is 12.1 Å². The Labute approximate surface area is 216 Å². The summed E-state index contributed by atoms with van der Waals surface area (Å²) in [7, 11) is 6.19. The third-order valence-electron chi connectivity index (χ3n) is 6.52. The van der Waals surface area contributed by atoms with E-state index in [0.717, 1.165) is 60.5 Å². The number of aromatic nitrogens is 2. The van der Waals surface area contributed by atoms with Gasteiger partial charge in [0.15, 0.2) is 0 Å². The van der Waals surface area contributed by atoms with Crippen LogP contribution in [-0.4, -0.2) is 24.4 Å². The maximum Gasteiger partial charge on any atom is 0.128 e. The summed E-state index contributed by atoms with van der Waals surface area (Å²) in [6.45, 7) is 2.96. The molecule has 0 fully saturated rings. The van der Waals surface area contributed by atoms with E-state index >= 15 is 0 Å². The summed E-state index contributed by atoms with van der Waals surface area (Å²) in [4.78, 5) is 10.0. The number of rotatable bonds is 9. The first kappa shape index (κ1) is 23.8. The van der Waals surface area contributed by atoms with Crippen LogP contribution >= 0.6 is 15.9 Å². The van der Waals surface area contributed by atoms with Crippen LogP contribution in [0.15, 0.2) is 71.3 Å². The Morgan fingerprint density at radius 1 is 0.800 bits per heavy atom. The van der Waals surface area contributed by atoms with Gasteiger partial charge in [-0.2, -0.15) is 0 Å². The van der Waals surface area contributed by atoms with Crippen molar-refractivity contribution in [2.75, 3.05) is 6.61 Å². The molecule has 35 heavy (non-hydrogen) atoms. The second kappa shape index (κ2) is 10.8. The summed E-state index contributed by atoms with van der Waals surface area (Å²) < 4.78 is 7.22. The lowest BCUT2D eigenvalue weighted by molar-refractivity contribution is 0.305. The molecule has 0 amide bonds. The van der Waals surface area contributed by atoms with Crippen molar-refractivity contribution in [1.82, 2.24) is 9.97 Å². The zero-order valence-corrected chi connectivity index (χ0v) is 21.6. The maximum absolute atomic E-state index is 6.21. The number of para-hydroxylation sites is 1. The summed E-state index contributed by atoms with van der Waals surface area (Å²) in [5.41, 5.74) is 4.19. The quantitative estimate of drug-likeness (QED) is 0.112. The molecule has 5 rings (SSSR count). The molecule has 0 saturated heterocycles. The van der Waals surface area contributed by atoms with Gasteiger partial charge in [-0.25, -0.2) is 4.98 Å². The number of hydrogen-bond donors (Lipinski definition) is 0. The number of ether oxygens (including phenoxy) is 1. The van der Waals surface area contributed by atoms with Crippen molar-refractivity contribution in [3.63, 3.8) is 0 Å². The van der Waals surface area contributed by atoms with Crippen LogP contribution in [0, 0.1) is 0 Å². The molecule has 0 aliphatic rings. The Balaban J connectivity index is 1.54. The molecule has 0 aliphatic carbocycles. The Morgan fingerprint density at radius 3 is 2.40 bits per heavy atom. The van der Waals surface area contributed by atoms with Crippen molar-refractivity contribution in [3.8, 4) is 17.0 Å². The molecule has 0 N–H and O–H groups in total. The van der Waals surface area contributed by atoms with Gasteiger partial charge in [-0.3, -0.25) is 4.98 Å². The van der Waals surface area contributed by atoms with Gasteiger partial charge in [-0.05, 0) is 41.5 Å². The highest BCUT2D eigenvalue weighted by molar-refractivity contribution is 9.10. The summed E-state index contributed by atoms with van der Waals surface area (Å²) >= 11 is 3.62. The van der Waals surface area contributed by atoms with Crippen LogP contribution < -0.4 is 10.2 Å². The molecule has 1 heterocycles. The van der Waals surface area contributed by atoms with Gasteiger partial charge in [0.1, 0.15) is 13.6 Å². The molecule has 0 unspecified atom stereocenters. The predicted octanol–water partition coefficient (Wildman–Crippen LogP) is 7.90. The van der Waals surface area contributed by atoms with Crippen LogP contribution in [0.1, 0.15) is 45.4 Å². The van der Waals surface area contributed by atoms with E-state index in [1.807, 2.05) is 36.5 Å². The molecule has 0 atom stereocenters. The molecular weight excluding hydrogens is 495 g/mol. The molecule has 0 bridgehead atoms. The van der Waals surface area contributed by atoms with Gasteiger partial charge < -0.3 is 4.74 Å². The molecule has 3 nitrogen and oxygen atoms in total. The number of hydrogen-bond acceptors (Lipinski definition) is 3. The van der Waals surface area contributed by atoms with Crippen molar-refractivity contribution in [2.45, 2.75) is 45.4 Å². The van der Waals surface area contributed by atoms with E-state index in [1.165, 1.54) is 32.1 Å². The third-order valence-corrected chi connectivity index (χ3v) is 7.01. The Morgan fingerprint density at radius 2 is 1.54 bits per heavy atom. The average Bonchev–Trinajstić information content (AvgIpc) is 2.88. The fourth-order valence-electron chi connectivity index (χ4n) is 4.71. The van der Waals surface area contributed by atoms with Gasteiger partial charge in [0.05, 0.1) is 29.5 Å². The molecule has 5 aromatic rings. The van der Waals surface area contributed by atoms with Crippen LogP contribution in [0.3, 0.4) is 0 Å². The highest BCUT2D eigenvalue weighted by Crippen LogP contribution is 2.36. The number of halogens is 1. The lowest BCUT2D eigenvalue weighted by atomic mass is 9.91. The molecule has 2 radical (unpaired) electrons. The lowest BCUT2D eigenvalue weighted by Gasteiger charge is -2.14.